The number of pyridine rings is 1. The highest BCUT2D eigenvalue weighted by Gasteiger charge is 2.30. The van der Waals surface area contributed by atoms with Crippen LogP contribution in [0.25, 0.3) is 10.3 Å². The van der Waals surface area contributed by atoms with Crippen LogP contribution in [0, 0.1) is 6.92 Å². The summed E-state index contributed by atoms with van der Waals surface area (Å²) in [4.78, 5) is 28.3. The molecule has 1 unspecified atom stereocenters. The second-order valence-corrected chi connectivity index (χ2v) is 6.59. The molecule has 1 fully saturated rings. The van der Waals surface area contributed by atoms with Gasteiger partial charge >= 0.3 is 0 Å². The van der Waals surface area contributed by atoms with Gasteiger partial charge in [0.2, 0.25) is 5.89 Å². The molecule has 8 heteroatoms. The monoisotopic (exact) mass is 329 g/mol. The van der Waals surface area contributed by atoms with Crippen LogP contribution < -0.4 is 0 Å². The Morgan fingerprint density at radius 3 is 3.13 bits per heavy atom. The van der Waals surface area contributed by atoms with Gasteiger partial charge in [0.25, 0.3) is 5.91 Å². The van der Waals surface area contributed by atoms with Crippen LogP contribution in [0.4, 0.5) is 0 Å². The number of piperidine rings is 1. The third kappa shape index (κ3) is 2.70. The zero-order valence-electron chi connectivity index (χ0n) is 12.6. The number of rotatable bonds is 2. The third-order valence-electron chi connectivity index (χ3n) is 3.95. The topological polar surface area (TPSA) is 85.0 Å². The Labute approximate surface area is 136 Å². The fraction of sp³-hybridized carbons (Fsp3) is 0.400. The van der Waals surface area contributed by atoms with Crippen molar-refractivity contribution in [3.8, 4) is 0 Å². The van der Waals surface area contributed by atoms with Crippen LogP contribution in [0.15, 0.2) is 22.9 Å². The van der Waals surface area contributed by atoms with Crippen molar-refractivity contribution in [2.75, 3.05) is 13.1 Å². The lowest BCUT2D eigenvalue weighted by atomic mass is 9.98. The summed E-state index contributed by atoms with van der Waals surface area (Å²) in [6, 6.07) is 3.70. The molecule has 1 aliphatic heterocycles. The van der Waals surface area contributed by atoms with Gasteiger partial charge in [0.15, 0.2) is 10.8 Å². The van der Waals surface area contributed by atoms with Gasteiger partial charge in [-0.25, -0.2) is 9.97 Å². The van der Waals surface area contributed by atoms with Gasteiger partial charge in [-0.2, -0.15) is 4.98 Å². The van der Waals surface area contributed by atoms with Crippen LogP contribution in [0.5, 0.6) is 0 Å². The van der Waals surface area contributed by atoms with Gasteiger partial charge in [-0.15, -0.1) is 0 Å². The Bertz CT molecular complexity index is 825. The molecule has 3 aromatic heterocycles. The lowest BCUT2D eigenvalue weighted by Crippen LogP contribution is -2.39. The molecule has 0 spiro atoms. The maximum atomic E-state index is 12.7. The summed E-state index contributed by atoms with van der Waals surface area (Å²) in [5.74, 6) is 1.29. The fourth-order valence-corrected chi connectivity index (χ4v) is 3.71. The molecule has 1 aliphatic rings. The van der Waals surface area contributed by atoms with E-state index in [2.05, 4.69) is 20.1 Å². The second-order valence-electron chi connectivity index (χ2n) is 5.62. The van der Waals surface area contributed by atoms with Crippen LogP contribution in [-0.2, 0) is 0 Å². The van der Waals surface area contributed by atoms with Crippen molar-refractivity contribution in [3.05, 3.63) is 35.1 Å². The molecule has 3 aromatic rings. The van der Waals surface area contributed by atoms with Gasteiger partial charge in [-0.1, -0.05) is 16.5 Å². The normalized spacial score (nSPS) is 18.5. The summed E-state index contributed by atoms with van der Waals surface area (Å²) in [7, 11) is 0. The number of aromatic nitrogens is 4. The highest BCUT2D eigenvalue weighted by molar-refractivity contribution is 7.19. The lowest BCUT2D eigenvalue weighted by Gasteiger charge is -2.30. The van der Waals surface area contributed by atoms with E-state index in [1.165, 1.54) is 11.3 Å². The van der Waals surface area contributed by atoms with Gasteiger partial charge in [-0.3, -0.25) is 4.79 Å². The molecule has 0 aliphatic carbocycles. The van der Waals surface area contributed by atoms with E-state index in [1.807, 2.05) is 17.0 Å². The summed E-state index contributed by atoms with van der Waals surface area (Å²) in [5, 5.41) is 4.33. The van der Waals surface area contributed by atoms with E-state index in [0.29, 0.717) is 23.3 Å². The first-order chi connectivity index (χ1) is 11.2. The summed E-state index contributed by atoms with van der Waals surface area (Å²) in [6.45, 7) is 3.11. The standard InChI is InChI=1S/C15H15N5O2S/c1-9-17-12(22-19-9)10-4-3-7-20(8-10)15(21)14-18-11-5-2-6-16-13(11)23-14/h2,5-6,10H,3-4,7-8H2,1H3. The van der Waals surface area contributed by atoms with Crippen molar-refractivity contribution in [3.63, 3.8) is 0 Å². The molecule has 1 saturated heterocycles. The molecule has 7 nitrogen and oxygen atoms in total. The summed E-state index contributed by atoms with van der Waals surface area (Å²) < 4.78 is 5.26. The van der Waals surface area contributed by atoms with Crippen LogP contribution in [-0.4, -0.2) is 44.0 Å². The Kier molecular flexibility index (Phi) is 3.53. The van der Waals surface area contributed by atoms with Crippen LogP contribution in [0.3, 0.4) is 0 Å². The van der Waals surface area contributed by atoms with E-state index in [0.717, 1.165) is 29.7 Å². The quantitative estimate of drug-likeness (QED) is 0.718. The highest BCUT2D eigenvalue weighted by atomic mass is 32.1. The Morgan fingerprint density at radius 2 is 2.35 bits per heavy atom. The molecule has 4 heterocycles. The third-order valence-corrected chi connectivity index (χ3v) is 4.92. The van der Waals surface area contributed by atoms with Gasteiger partial charge in [0, 0.05) is 19.3 Å². The maximum Gasteiger partial charge on any atom is 0.282 e. The summed E-state index contributed by atoms with van der Waals surface area (Å²) in [6.07, 6.45) is 3.58. The molecule has 118 valence electrons. The van der Waals surface area contributed by atoms with E-state index in [4.69, 9.17) is 4.52 Å². The number of carbonyl (C=O) groups excluding carboxylic acids is 1. The number of carbonyl (C=O) groups is 1. The summed E-state index contributed by atoms with van der Waals surface area (Å²) >= 11 is 1.34. The number of aryl methyl sites for hydroxylation is 1. The zero-order valence-corrected chi connectivity index (χ0v) is 13.4. The number of nitrogens with zero attached hydrogens (tertiary/aromatic N) is 5. The minimum atomic E-state index is -0.0473. The van der Waals surface area contributed by atoms with Crippen LogP contribution >= 0.6 is 11.3 Å². The van der Waals surface area contributed by atoms with Gasteiger partial charge < -0.3 is 9.42 Å². The Balaban J connectivity index is 1.55. The van der Waals surface area contributed by atoms with E-state index >= 15 is 0 Å². The number of fused-ring (bicyclic) bond motifs is 1. The molecule has 1 amide bonds. The molecule has 0 saturated carbocycles. The molecule has 0 N–H and O–H groups in total. The largest absolute Gasteiger partial charge is 0.339 e. The first kappa shape index (κ1) is 14.3. The van der Waals surface area contributed by atoms with Crippen LogP contribution in [0.2, 0.25) is 0 Å². The van der Waals surface area contributed by atoms with Gasteiger partial charge in [-0.05, 0) is 31.9 Å². The molecule has 0 bridgehead atoms. The predicted octanol–water partition coefficient (Wildman–Crippen LogP) is 2.40. The van der Waals surface area contributed by atoms with Crippen molar-refractivity contribution in [2.45, 2.75) is 25.7 Å². The Morgan fingerprint density at radius 1 is 1.43 bits per heavy atom. The lowest BCUT2D eigenvalue weighted by molar-refractivity contribution is 0.0695. The number of hydrogen-bond donors (Lipinski definition) is 0. The zero-order chi connectivity index (χ0) is 15.8. The van der Waals surface area contributed by atoms with Gasteiger partial charge in [0.1, 0.15) is 10.3 Å². The highest BCUT2D eigenvalue weighted by Crippen LogP contribution is 2.28. The number of thiazole rings is 1. The van der Waals surface area contributed by atoms with Gasteiger partial charge in [0.05, 0.1) is 5.92 Å². The van der Waals surface area contributed by atoms with Crippen molar-refractivity contribution in [1.82, 2.24) is 25.0 Å². The van der Waals surface area contributed by atoms with Crippen molar-refractivity contribution >= 4 is 27.6 Å². The molecule has 4 rings (SSSR count). The number of amides is 1. The maximum absolute atomic E-state index is 12.7. The molecule has 0 radical (unpaired) electrons. The first-order valence-corrected chi connectivity index (χ1v) is 8.33. The fourth-order valence-electron chi connectivity index (χ4n) is 2.84. The number of hydrogen-bond acceptors (Lipinski definition) is 7. The molecular formula is C15H15N5O2S. The van der Waals surface area contributed by atoms with Crippen molar-refractivity contribution < 1.29 is 9.32 Å². The van der Waals surface area contributed by atoms with E-state index in [-0.39, 0.29) is 11.8 Å². The number of likely N-dealkylation sites (tertiary alicyclic amines) is 1. The summed E-state index contributed by atoms with van der Waals surface area (Å²) in [5.41, 5.74) is 0.766. The average Bonchev–Trinajstić information content (AvgIpc) is 3.20. The first-order valence-electron chi connectivity index (χ1n) is 7.52. The minimum absolute atomic E-state index is 0.0473. The molecule has 0 aromatic carbocycles. The van der Waals surface area contributed by atoms with E-state index in [9.17, 15) is 4.79 Å². The van der Waals surface area contributed by atoms with E-state index < -0.39 is 0 Å². The SMILES string of the molecule is Cc1noc(C2CCCN(C(=O)c3nc4cccnc4s3)C2)n1. The second kappa shape index (κ2) is 5.69. The molecule has 23 heavy (non-hydrogen) atoms. The van der Waals surface area contributed by atoms with Crippen LogP contribution in [0.1, 0.15) is 40.3 Å². The smallest absolute Gasteiger partial charge is 0.282 e. The predicted molar refractivity (Wildman–Crippen MR) is 84.3 cm³/mol. The average molecular weight is 329 g/mol. The van der Waals surface area contributed by atoms with Crippen molar-refractivity contribution in [2.24, 2.45) is 0 Å². The van der Waals surface area contributed by atoms with E-state index in [1.54, 1.807) is 13.1 Å². The van der Waals surface area contributed by atoms with Crippen molar-refractivity contribution in [1.29, 1.82) is 0 Å². The Hall–Kier alpha value is -2.35. The minimum Gasteiger partial charge on any atom is -0.339 e. The molecular weight excluding hydrogens is 314 g/mol. The molecule has 1 atom stereocenters.